The van der Waals surface area contributed by atoms with Crippen LogP contribution in [0.2, 0.25) is 0 Å². The highest BCUT2D eigenvalue weighted by atomic mass is 16.5. The van der Waals surface area contributed by atoms with Crippen LogP contribution in [0.4, 0.5) is 11.4 Å². The van der Waals surface area contributed by atoms with Crippen molar-refractivity contribution in [3.63, 3.8) is 0 Å². The van der Waals surface area contributed by atoms with E-state index >= 15 is 0 Å². The van der Waals surface area contributed by atoms with Crippen LogP contribution in [0.1, 0.15) is 12.5 Å². The molecule has 0 bridgehead atoms. The van der Waals surface area contributed by atoms with Crippen molar-refractivity contribution in [3.8, 4) is 11.5 Å². The lowest BCUT2D eigenvalue weighted by molar-refractivity contribution is -0.112. The van der Waals surface area contributed by atoms with Crippen LogP contribution in [0.3, 0.4) is 0 Å². The second-order valence-corrected chi connectivity index (χ2v) is 7.23. The number of ether oxygens (including phenoxy) is 2. The highest BCUT2D eigenvalue weighted by molar-refractivity contribution is 6.06. The molecule has 0 aromatic heterocycles. The third-order valence-corrected chi connectivity index (χ3v) is 5.14. The zero-order valence-electron chi connectivity index (χ0n) is 17.6. The monoisotopic (exact) mass is 395 g/mol. The van der Waals surface area contributed by atoms with E-state index in [-0.39, 0.29) is 5.91 Å². The summed E-state index contributed by atoms with van der Waals surface area (Å²) in [5.74, 6) is 1.16. The smallest absolute Gasteiger partial charge is 0.251 e. The number of carbonyl (C=O) groups excluding carboxylic acids is 1. The van der Waals surface area contributed by atoms with Gasteiger partial charge in [-0.15, -0.1) is 0 Å². The van der Waals surface area contributed by atoms with Gasteiger partial charge >= 0.3 is 0 Å². The SMILES string of the molecule is COc1ccc(/C=C(\C)C(=O)Nc2ccc(N3CCN(C)CC3)cc2)cc1OC. The number of piperazine rings is 1. The maximum Gasteiger partial charge on any atom is 0.251 e. The van der Waals surface area contributed by atoms with Crippen molar-refractivity contribution in [1.29, 1.82) is 0 Å². The second kappa shape index (κ2) is 9.47. The third kappa shape index (κ3) is 5.29. The summed E-state index contributed by atoms with van der Waals surface area (Å²) in [6.45, 7) is 5.98. The fraction of sp³-hybridized carbons (Fsp3) is 0.348. The van der Waals surface area contributed by atoms with Crippen LogP contribution in [-0.2, 0) is 4.79 Å². The number of hydrogen-bond donors (Lipinski definition) is 1. The first-order valence-electron chi connectivity index (χ1n) is 9.75. The Bertz CT molecular complexity index is 869. The molecule has 1 heterocycles. The van der Waals surface area contributed by atoms with E-state index in [1.165, 1.54) is 5.69 Å². The molecule has 29 heavy (non-hydrogen) atoms. The molecule has 1 fully saturated rings. The van der Waals surface area contributed by atoms with E-state index in [1.54, 1.807) is 21.1 Å². The molecule has 1 saturated heterocycles. The minimum atomic E-state index is -0.132. The zero-order valence-corrected chi connectivity index (χ0v) is 17.6. The third-order valence-electron chi connectivity index (χ3n) is 5.14. The van der Waals surface area contributed by atoms with Crippen LogP contribution >= 0.6 is 0 Å². The number of likely N-dealkylation sites (N-methyl/N-ethyl adjacent to an activating group) is 1. The largest absolute Gasteiger partial charge is 0.493 e. The van der Waals surface area contributed by atoms with Crippen molar-refractivity contribution in [2.24, 2.45) is 0 Å². The lowest BCUT2D eigenvalue weighted by atomic mass is 10.1. The molecule has 0 aliphatic carbocycles. The van der Waals surface area contributed by atoms with E-state index in [0.29, 0.717) is 17.1 Å². The Balaban J connectivity index is 1.64. The Morgan fingerprint density at radius 3 is 2.24 bits per heavy atom. The normalized spacial score (nSPS) is 15.2. The van der Waals surface area contributed by atoms with Crippen molar-refractivity contribution >= 4 is 23.4 Å². The first-order chi connectivity index (χ1) is 14.0. The van der Waals surface area contributed by atoms with Gasteiger partial charge in [0.2, 0.25) is 0 Å². The molecule has 0 unspecified atom stereocenters. The van der Waals surface area contributed by atoms with Crippen LogP contribution in [-0.4, -0.2) is 58.3 Å². The van der Waals surface area contributed by atoms with E-state index in [0.717, 1.165) is 37.4 Å². The summed E-state index contributed by atoms with van der Waals surface area (Å²) < 4.78 is 10.6. The van der Waals surface area contributed by atoms with Crippen molar-refractivity contribution in [2.45, 2.75) is 6.92 Å². The van der Waals surface area contributed by atoms with Gasteiger partial charge in [-0.1, -0.05) is 6.07 Å². The second-order valence-electron chi connectivity index (χ2n) is 7.23. The summed E-state index contributed by atoms with van der Waals surface area (Å²) in [6.07, 6.45) is 1.83. The van der Waals surface area contributed by atoms with Gasteiger partial charge < -0.3 is 24.6 Å². The molecular formula is C23H29N3O3. The van der Waals surface area contributed by atoms with Gasteiger partial charge in [0, 0.05) is 43.1 Å². The van der Waals surface area contributed by atoms with Gasteiger partial charge in [-0.2, -0.15) is 0 Å². The van der Waals surface area contributed by atoms with Crippen LogP contribution in [0.25, 0.3) is 6.08 Å². The molecule has 2 aromatic rings. The van der Waals surface area contributed by atoms with Gasteiger partial charge in [0.25, 0.3) is 5.91 Å². The van der Waals surface area contributed by atoms with E-state index in [4.69, 9.17) is 9.47 Å². The maximum atomic E-state index is 12.6. The number of benzene rings is 2. The Kier molecular flexibility index (Phi) is 6.77. The standard InChI is InChI=1S/C23H29N3O3/c1-17(15-18-5-10-21(28-3)22(16-18)29-4)23(27)24-19-6-8-20(9-7-19)26-13-11-25(2)12-14-26/h5-10,15-16H,11-14H2,1-4H3,(H,24,27)/b17-15+. The van der Waals surface area contributed by atoms with Crippen molar-refractivity contribution in [2.75, 3.05) is 57.7 Å². The molecule has 6 heteroatoms. The quantitative estimate of drug-likeness (QED) is 0.759. The zero-order chi connectivity index (χ0) is 20.8. The van der Waals surface area contributed by atoms with Crippen molar-refractivity contribution in [3.05, 3.63) is 53.6 Å². The van der Waals surface area contributed by atoms with Gasteiger partial charge in [-0.3, -0.25) is 4.79 Å². The number of amides is 1. The average Bonchev–Trinajstić information content (AvgIpc) is 2.74. The number of carbonyl (C=O) groups is 1. The van der Waals surface area contributed by atoms with Crippen molar-refractivity contribution in [1.82, 2.24) is 4.90 Å². The Morgan fingerprint density at radius 1 is 0.966 bits per heavy atom. The van der Waals surface area contributed by atoms with Crippen LogP contribution < -0.4 is 19.7 Å². The first-order valence-corrected chi connectivity index (χ1v) is 9.75. The lowest BCUT2D eigenvalue weighted by Gasteiger charge is -2.34. The topological polar surface area (TPSA) is 54.0 Å². The number of methoxy groups -OCH3 is 2. The Hall–Kier alpha value is -2.99. The number of nitrogens with zero attached hydrogens (tertiary/aromatic N) is 2. The number of hydrogen-bond acceptors (Lipinski definition) is 5. The van der Waals surface area contributed by atoms with Crippen LogP contribution in [0, 0.1) is 0 Å². The highest BCUT2D eigenvalue weighted by Crippen LogP contribution is 2.28. The lowest BCUT2D eigenvalue weighted by Crippen LogP contribution is -2.44. The Labute approximate surface area is 172 Å². The molecule has 1 aliphatic rings. The van der Waals surface area contributed by atoms with Crippen LogP contribution in [0.15, 0.2) is 48.0 Å². The summed E-state index contributed by atoms with van der Waals surface area (Å²) in [4.78, 5) is 17.3. The molecular weight excluding hydrogens is 366 g/mol. The fourth-order valence-corrected chi connectivity index (χ4v) is 3.31. The molecule has 6 nitrogen and oxygen atoms in total. The molecule has 2 aromatic carbocycles. The number of rotatable bonds is 6. The minimum absolute atomic E-state index is 0.132. The van der Waals surface area contributed by atoms with Gasteiger partial charge in [0.15, 0.2) is 11.5 Å². The fourth-order valence-electron chi connectivity index (χ4n) is 3.31. The predicted octanol–water partition coefficient (Wildman–Crippen LogP) is 3.50. The summed E-state index contributed by atoms with van der Waals surface area (Å²) in [6, 6.07) is 13.6. The summed E-state index contributed by atoms with van der Waals surface area (Å²) in [5, 5.41) is 2.96. The summed E-state index contributed by atoms with van der Waals surface area (Å²) >= 11 is 0. The predicted molar refractivity (Wildman–Crippen MR) is 118 cm³/mol. The molecule has 3 rings (SSSR count). The maximum absolute atomic E-state index is 12.6. The van der Waals surface area contributed by atoms with E-state index in [2.05, 4.69) is 34.3 Å². The molecule has 0 radical (unpaired) electrons. The van der Waals surface area contributed by atoms with E-state index < -0.39 is 0 Å². The highest BCUT2D eigenvalue weighted by Gasteiger charge is 2.14. The van der Waals surface area contributed by atoms with E-state index in [9.17, 15) is 4.79 Å². The molecule has 154 valence electrons. The van der Waals surface area contributed by atoms with Gasteiger partial charge in [-0.05, 0) is 62.0 Å². The van der Waals surface area contributed by atoms with E-state index in [1.807, 2.05) is 36.4 Å². The summed E-state index contributed by atoms with van der Waals surface area (Å²) in [7, 11) is 5.34. The first kappa shape index (κ1) is 20.7. The minimum Gasteiger partial charge on any atom is -0.493 e. The Morgan fingerprint density at radius 2 is 1.62 bits per heavy atom. The molecule has 0 atom stereocenters. The molecule has 1 N–H and O–H groups in total. The van der Waals surface area contributed by atoms with Gasteiger partial charge in [-0.25, -0.2) is 0 Å². The number of nitrogens with one attached hydrogen (secondary N) is 1. The van der Waals surface area contributed by atoms with Gasteiger partial charge in [0.1, 0.15) is 0 Å². The van der Waals surface area contributed by atoms with Crippen LogP contribution in [0.5, 0.6) is 11.5 Å². The number of anilines is 2. The molecule has 0 saturated carbocycles. The molecule has 1 aliphatic heterocycles. The molecule has 1 amide bonds. The van der Waals surface area contributed by atoms with Crippen molar-refractivity contribution < 1.29 is 14.3 Å². The van der Waals surface area contributed by atoms with Gasteiger partial charge in [0.05, 0.1) is 14.2 Å². The molecule has 0 spiro atoms. The average molecular weight is 396 g/mol. The summed E-state index contributed by atoms with van der Waals surface area (Å²) in [5.41, 5.74) is 3.46.